The third-order valence-corrected chi connectivity index (χ3v) is 3.89. The highest BCUT2D eigenvalue weighted by Gasteiger charge is 2.16. The van der Waals surface area contributed by atoms with E-state index in [1.165, 1.54) is 24.9 Å². The van der Waals surface area contributed by atoms with Crippen LogP contribution >= 0.6 is 23.4 Å². The lowest BCUT2D eigenvalue weighted by molar-refractivity contribution is -0.387. The van der Waals surface area contributed by atoms with Crippen LogP contribution in [0.4, 0.5) is 5.69 Å². The van der Waals surface area contributed by atoms with Crippen molar-refractivity contribution in [3.8, 4) is 0 Å². The topological polar surface area (TPSA) is 69.4 Å². The summed E-state index contributed by atoms with van der Waals surface area (Å²) in [7, 11) is 1.30. The Kier molecular flexibility index (Phi) is 4.82. The summed E-state index contributed by atoms with van der Waals surface area (Å²) in [4.78, 5) is 23.2. The van der Waals surface area contributed by atoms with Crippen molar-refractivity contribution in [2.75, 3.05) is 7.11 Å². The molecule has 2 rings (SSSR count). The Morgan fingerprint density at radius 3 is 2.71 bits per heavy atom. The van der Waals surface area contributed by atoms with E-state index in [-0.39, 0.29) is 5.69 Å². The van der Waals surface area contributed by atoms with Crippen molar-refractivity contribution in [2.24, 2.45) is 0 Å². The molecular weight excluding hydrogens is 314 g/mol. The van der Waals surface area contributed by atoms with Crippen molar-refractivity contribution < 1.29 is 14.5 Å². The van der Waals surface area contributed by atoms with Gasteiger partial charge in [-0.2, -0.15) is 0 Å². The first kappa shape index (κ1) is 15.3. The fourth-order valence-electron chi connectivity index (χ4n) is 1.65. The minimum atomic E-state index is -0.488. The molecule has 0 amide bonds. The maximum Gasteiger partial charge on any atom is 0.337 e. The number of hydrogen-bond donors (Lipinski definition) is 0. The third-order valence-electron chi connectivity index (χ3n) is 2.60. The van der Waals surface area contributed by atoms with Crippen molar-refractivity contribution >= 4 is 35.0 Å². The smallest absolute Gasteiger partial charge is 0.337 e. The van der Waals surface area contributed by atoms with Crippen molar-refractivity contribution in [3.63, 3.8) is 0 Å². The van der Waals surface area contributed by atoms with Crippen LogP contribution in [0.15, 0.2) is 52.3 Å². The second kappa shape index (κ2) is 6.60. The van der Waals surface area contributed by atoms with Crippen LogP contribution in [0, 0.1) is 10.1 Å². The summed E-state index contributed by atoms with van der Waals surface area (Å²) in [6.45, 7) is 0. The standard InChI is InChI=1S/C14H10ClNO4S/c1-20-14(17)9-3-2-4-11(7-9)21-13-6-5-10(15)8-12(13)16(18)19/h2-8H,1H3. The van der Waals surface area contributed by atoms with E-state index in [0.717, 1.165) is 0 Å². The van der Waals surface area contributed by atoms with Gasteiger partial charge in [0.1, 0.15) is 0 Å². The Labute approximate surface area is 130 Å². The molecule has 5 nitrogen and oxygen atoms in total. The highest BCUT2D eigenvalue weighted by Crippen LogP contribution is 2.36. The quantitative estimate of drug-likeness (QED) is 0.479. The molecule has 0 aliphatic heterocycles. The predicted octanol–water partition coefficient (Wildman–Crippen LogP) is 4.19. The van der Waals surface area contributed by atoms with Gasteiger partial charge in [-0.3, -0.25) is 10.1 Å². The maximum atomic E-state index is 11.5. The first-order valence-electron chi connectivity index (χ1n) is 5.81. The largest absolute Gasteiger partial charge is 0.465 e. The summed E-state index contributed by atoms with van der Waals surface area (Å²) >= 11 is 6.96. The van der Waals surface area contributed by atoms with Gasteiger partial charge in [-0.05, 0) is 30.3 Å². The average Bonchev–Trinajstić information content (AvgIpc) is 2.48. The molecule has 21 heavy (non-hydrogen) atoms. The molecule has 0 heterocycles. The van der Waals surface area contributed by atoms with Crippen molar-refractivity contribution in [2.45, 2.75) is 9.79 Å². The molecular formula is C14H10ClNO4S. The highest BCUT2D eigenvalue weighted by atomic mass is 35.5. The van der Waals surface area contributed by atoms with E-state index in [4.69, 9.17) is 11.6 Å². The van der Waals surface area contributed by atoms with Gasteiger partial charge in [-0.15, -0.1) is 0 Å². The molecule has 0 unspecified atom stereocenters. The summed E-state index contributed by atoms with van der Waals surface area (Å²) in [5.74, 6) is -0.456. The number of esters is 1. The molecule has 108 valence electrons. The number of methoxy groups -OCH3 is 1. The Bertz CT molecular complexity index is 705. The number of ether oxygens (including phenoxy) is 1. The van der Waals surface area contributed by atoms with Crippen molar-refractivity contribution in [1.29, 1.82) is 0 Å². The molecule has 2 aromatic rings. The third kappa shape index (κ3) is 3.74. The Morgan fingerprint density at radius 2 is 2.05 bits per heavy atom. The van der Waals surface area contributed by atoms with Gasteiger partial charge in [-0.25, -0.2) is 4.79 Å². The van der Waals surface area contributed by atoms with E-state index in [1.807, 2.05) is 0 Å². The maximum absolute atomic E-state index is 11.5. The minimum absolute atomic E-state index is 0.0732. The second-order valence-electron chi connectivity index (χ2n) is 3.99. The zero-order valence-electron chi connectivity index (χ0n) is 10.9. The van der Waals surface area contributed by atoms with Crippen LogP contribution in [0.3, 0.4) is 0 Å². The zero-order valence-corrected chi connectivity index (χ0v) is 12.5. The van der Waals surface area contributed by atoms with E-state index in [2.05, 4.69) is 4.74 Å². The van der Waals surface area contributed by atoms with Crippen LogP contribution in [0.1, 0.15) is 10.4 Å². The van der Waals surface area contributed by atoms with Crippen LogP contribution in [0.25, 0.3) is 0 Å². The normalized spacial score (nSPS) is 10.2. The first-order valence-corrected chi connectivity index (χ1v) is 7.01. The Hall–Kier alpha value is -2.05. The Morgan fingerprint density at radius 1 is 1.29 bits per heavy atom. The molecule has 0 fully saturated rings. The fraction of sp³-hybridized carbons (Fsp3) is 0.0714. The van der Waals surface area contributed by atoms with Crippen LogP contribution in [-0.2, 0) is 4.74 Å². The summed E-state index contributed by atoms with van der Waals surface area (Å²) in [6.07, 6.45) is 0. The predicted molar refractivity (Wildman–Crippen MR) is 80.0 cm³/mol. The molecule has 0 N–H and O–H groups in total. The molecule has 0 aliphatic carbocycles. The molecule has 2 aromatic carbocycles. The highest BCUT2D eigenvalue weighted by molar-refractivity contribution is 7.99. The number of rotatable bonds is 4. The molecule has 7 heteroatoms. The number of nitrogens with zero attached hydrogens (tertiary/aromatic N) is 1. The molecule has 0 spiro atoms. The van der Waals surface area contributed by atoms with Crippen LogP contribution in [0.2, 0.25) is 5.02 Å². The molecule has 0 saturated heterocycles. The van der Waals surface area contributed by atoms with Crippen LogP contribution < -0.4 is 0 Å². The van der Waals surface area contributed by atoms with Crippen molar-refractivity contribution in [3.05, 3.63) is 63.2 Å². The number of nitro groups is 1. The van der Waals surface area contributed by atoms with E-state index in [1.54, 1.807) is 36.4 Å². The van der Waals surface area contributed by atoms with Gasteiger partial charge in [0.25, 0.3) is 5.69 Å². The summed E-state index contributed by atoms with van der Waals surface area (Å²) in [6, 6.07) is 11.2. The van der Waals surface area contributed by atoms with E-state index in [0.29, 0.717) is 20.4 Å². The van der Waals surface area contributed by atoms with E-state index < -0.39 is 10.9 Å². The SMILES string of the molecule is COC(=O)c1cccc(Sc2ccc(Cl)cc2[N+](=O)[O-])c1. The van der Waals surface area contributed by atoms with Gasteiger partial charge in [0, 0.05) is 16.0 Å². The summed E-state index contributed by atoms with van der Waals surface area (Å²) in [5.41, 5.74) is 0.315. The van der Waals surface area contributed by atoms with Gasteiger partial charge in [0.05, 0.1) is 22.5 Å². The average molecular weight is 324 g/mol. The monoisotopic (exact) mass is 323 g/mol. The number of carbonyl (C=O) groups excluding carboxylic acids is 1. The minimum Gasteiger partial charge on any atom is -0.465 e. The molecule has 0 aliphatic rings. The first-order chi connectivity index (χ1) is 10.0. The van der Waals surface area contributed by atoms with Crippen molar-refractivity contribution in [1.82, 2.24) is 0 Å². The van der Waals surface area contributed by atoms with E-state index >= 15 is 0 Å². The van der Waals surface area contributed by atoms with Gasteiger partial charge < -0.3 is 4.74 Å². The second-order valence-corrected chi connectivity index (χ2v) is 5.54. The number of benzene rings is 2. The molecule has 0 aromatic heterocycles. The molecule has 0 saturated carbocycles. The summed E-state index contributed by atoms with van der Waals surface area (Å²) < 4.78 is 4.65. The number of hydrogen-bond acceptors (Lipinski definition) is 5. The molecule has 0 atom stereocenters. The molecule has 0 radical (unpaired) electrons. The lowest BCUT2D eigenvalue weighted by Crippen LogP contribution is -2.00. The fourth-order valence-corrected chi connectivity index (χ4v) is 2.78. The number of nitro benzene ring substituents is 1. The number of halogens is 1. The lowest BCUT2D eigenvalue weighted by atomic mass is 10.2. The van der Waals surface area contributed by atoms with E-state index in [9.17, 15) is 14.9 Å². The van der Waals surface area contributed by atoms with Gasteiger partial charge in [0.2, 0.25) is 0 Å². The van der Waals surface area contributed by atoms with Gasteiger partial charge in [0.15, 0.2) is 0 Å². The zero-order chi connectivity index (χ0) is 15.4. The summed E-state index contributed by atoms with van der Waals surface area (Å²) in [5, 5.41) is 11.3. The molecule has 0 bridgehead atoms. The van der Waals surface area contributed by atoms with Gasteiger partial charge in [-0.1, -0.05) is 29.4 Å². The van der Waals surface area contributed by atoms with Crippen LogP contribution in [0.5, 0.6) is 0 Å². The number of carbonyl (C=O) groups is 1. The Balaban J connectivity index is 2.34. The van der Waals surface area contributed by atoms with Crippen LogP contribution in [-0.4, -0.2) is 18.0 Å². The lowest BCUT2D eigenvalue weighted by Gasteiger charge is -2.05. The van der Waals surface area contributed by atoms with Gasteiger partial charge >= 0.3 is 5.97 Å².